The molecule has 2 atom stereocenters. The second-order valence-electron chi connectivity index (χ2n) is 2.58. The van der Waals surface area contributed by atoms with Crippen molar-refractivity contribution >= 4 is 5.91 Å². The minimum absolute atomic E-state index is 0.159. The third-order valence-electron chi connectivity index (χ3n) is 1.76. The van der Waals surface area contributed by atoms with Gasteiger partial charge in [0.25, 0.3) is 0 Å². The molecule has 4 heteroatoms. The minimum Gasteiger partial charge on any atom is -0.368 e. The summed E-state index contributed by atoms with van der Waals surface area (Å²) in [6.45, 7) is 3.67. The van der Waals surface area contributed by atoms with Crippen molar-refractivity contribution in [3.05, 3.63) is 0 Å². The third-order valence-corrected chi connectivity index (χ3v) is 1.76. The number of nitrogens with two attached hydrogens (primary N) is 1. The topological polar surface area (TPSA) is 67.2 Å². The molecule has 0 bridgehead atoms. The van der Waals surface area contributed by atoms with Gasteiger partial charge in [0.15, 0.2) is 0 Å². The Hall–Kier alpha value is -0.610. The molecule has 1 saturated heterocycles. The third kappa shape index (κ3) is 1.46. The number of carbonyl (C=O) groups is 1. The molecule has 4 nitrogen and oxygen atoms in total. The van der Waals surface area contributed by atoms with Crippen LogP contribution in [0.25, 0.3) is 0 Å². The van der Waals surface area contributed by atoms with Gasteiger partial charge in [0.2, 0.25) is 5.91 Å². The van der Waals surface area contributed by atoms with Crippen LogP contribution in [0.1, 0.15) is 6.92 Å². The summed E-state index contributed by atoms with van der Waals surface area (Å²) in [5, 5.41) is 6.18. The smallest absolute Gasteiger partial charge is 0.236 e. The molecule has 58 valence electrons. The van der Waals surface area contributed by atoms with E-state index in [2.05, 4.69) is 10.6 Å². The van der Waals surface area contributed by atoms with Crippen LogP contribution < -0.4 is 16.4 Å². The van der Waals surface area contributed by atoms with E-state index in [4.69, 9.17) is 5.73 Å². The predicted molar refractivity (Wildman–Crippen MR) is 38.4 cm³/mol. The van der Waals surface area contributed by atoms with Crippen LogP contribution in [0.5, 0.6) is 0 Å². The summed E-state index contributed by atoms with van der Waals surface area (Å²) in [7, 11) is 0. The predicted octanol–water partition coefficient (Wildman–Crippen LogP) is -1.58. The first-order chi connectivity index (χ1) is 4.72. The van der Waals surface area contributed by atoms with Crippen LogP contribution in [0.4, 0.5) is 0 Å². The molecule has 0 radical (unpaired) electrons. The number of hydrogen-bond acceptors (Lipinski definition) is 3. The lowest BCUT2D eigenvalue weighted by atomic mass is 10.1. The van der Waals surface area contributed by atoms with E-state index >= 15 is 0 Å². The van der Waals surface area contributed by atoms with E-state index in [-0.39, 0.29) is 18.0 Å². The number of nitrogens with one attached hydrogen (secondary N) is 2. The van der Waals surface area contributed by atoms with Crippen LogP contribution in [0, 0.1) is 0 Å². The number of amides is 1. The van der Waals surface area contributed by atoms with Gasteiger partial charge in [-0.25, -0.2) is 0 Å². The van der Waals surface area contributed by atoms with Crippen molar-refractivity contribution in [2.45, 2.75) is 19.0 Å². The summed E-state index contributed by atoms with van der Waals surface area (Å²) in [6, 6.07) is -0.0417. The summed E-state index contributed by atoms with van der Waals surface area (Å²) in [5.74, 6) is -0.278. The Balaban J connectivity index is 2.47. The minimum atomic E-state index is -0.278. The molecule has 0 aromatic rings. The van der Waals surface area contributed by atoms with Crippen LogP contribution in [-0.4, -0.2) is 31.1 Å². The number of hydrogen-bond donors (Lipinski definition) is 3. The Kier molecular flexibility index (Phi) is 2.24. The highest BCUT2D eigenvalue weighted by atomic mass is 16.1. The highest BCUT2D eigenvalue weighted by Gasteiger charge is 2.24. The molecule has 1 heterocycles. The van der Waals surface area contributed by atoms with Gasteiger partial charge in [-0.1, -0.05) is 0 Å². The fourth-order valence-corrected chi connectivity index (χ4v) is 1.17. The van der Waals surface area contributed by atoms with Gasteiger partial charge in [-0.3, -0.25) is 4.79 Å². The molecule has 4 N–H and O–H groups in total. The lowest BCUT2D eigenvalue weighted by Gasteiger charge is -2.28. The van der Waals surface area contributed by atoms with E-state index < -0.39 is 0 Å². The van der Waals surface area contributed by atoms with E-state index in [0.29, 0.717) is 0 Å². The van der Waals surface area contributed by atoms with Gasteiger partial charge < -0.3 is 16.4 Å². The molecule has 1 fully saturated rings. The van der Waals surface area contributed by atoms with Gasteiger partial charge in [-0.2, -0.15) is 0 Å². The van der Waals surface area contributed by atoms with Gasteiger partial charge in [0, 0.05) is 19.1 Å². The zero-order chi connectivity index (χ0) is 7.56. The molecule has 0 aromatic carbocycles. The van der Waals surface area contributed by atoms with Crippen LogP contribution in [0.3, 0.4) is 0 Å². The monoisotopic (exact) mass is 143 g/mol. The number of primary amides is 1. The zero-order valence-corrected chi connectivity index (χ0v) is 6.05. The molecule has 0 aliphatic carbocycles. The van der Waals surface area contributed by atoms with Crippen molar-refractivity contribution in [2.75, 3.05) is 13.1 Å². The molecule has 1 aliphatic heterocycles. The Bertz CT molecular complexity index is 137. The molecule has 0 saturated carbocycles. The van der Waals surface area contributed by atoms with Crippen molar-refractivity contribution in [2.24, 2.45) is 5.73 Å². The van der Waals surface area contributed by atoms with Crippen molar-refractivity contribution in [1.82, 2.24) is 10.6 Å². The molecule has 10 heavy (non-hydrogen) atoms. The highest BCUT2D eigenvalue weighted by Crippen LogP contribution is 1.95. The van der Waals surface area contributed by atoms with Crippen LogP contribution in [0.2, 0.25) is 0 Å². The Morgan fingerprint density at radius 2 is 2.10 bits per heavy atom. The van der Waals surface area contributed by atoms with Gasteiger partial charge >= 0.3 is 0 Å². The number of piperazine rings is 1. The standard InChI is InChI=1S/C6H13N3O/c1-4-5(6(7)10)9-3-2-8-4/h4-5,8-9H,2-3H2,1H3,(H2,7,10)/t4-,5+/m1/s1. The second-order valence-corrected chi connectivity index (χ2v) is 2.58. The largest absolute Gasteiger partial charge is 0.368 e. The summed E-state index contributed by atoms with van der Waals surface area (Å²) >= 11 is 0. The van der Waals surface area contributed by atoms with Crippen molar-refractivity contribution in [1.29, 1.82) is 0 Å². The quantitative estimate of drug-likeness (QED) is 0.415. The normalized spacial score (nSPS) is 33.7. The average Bonchev–Trinajstić information content (AvgIpc) is 1.88. The molecule has 1 amide bonds. The molecule has 1 aliphatic rings. The summed E-state index contributed by atoms with van der Waals surface area (Å²) in [4.78, 5) is 10.7. The van der Waals surface area contributed by atoms with Crippen molar-refractivity contribution in [3.8, 4) is 0 Å². The van der Waals surface area contributed by atoms with Crippen LogP contribution >= 0.6 is 0 Å². The van der Waals surface area contributed by atoms with E-state index in [0.717, 1.165) is 13.1 Å². The van der Waals surface area contributed by atoms with Gasteiger partial charge in [0.05, 0.1) is 0 Å². The molecule has 0 spiro atoms. The Morgan fingerprint density at radius 1 is 1.50 bits per heavy atom. The van der Waals surface area contributed by atoms with E-state index in [1.54, 1.807) is 0 Å². The van der Waals surface area contributed by atoms with Gasteiger partial charge in [-0.15, -0.1) is 0 Å². The molecule has 1 rings (SSSR count). The summed E-state index contributed by atoms with van der Waals surface area (Å²) < 4.78 is 0. The number of rotatable bonds is 1. The fourth-order valence-electron chi connectivity index (χ4n) is 1.17. The lowest BCUT2D eigenvalue weighted by Crippen LogP contribution is -2.59. The molecule has 0 unspecified atom stereocenters. The lowest BCUT2D eigenvalue weighted by molar-refractivity contribution is -0.120. The maximum Gasteiger partial charge on any atom is 0.236 e. The second kappa shape index (κ2) is 2.98. The fraction of sp³-hybridized carbons (Fsp3) is 0.833. The molecular weight excluding hydrogens is 130 g/mol. The van der Waals surface area contributed by atoms with E-state index in [1.807, 2.05) is 6.92 Å². The number of carbonyl (C=O) groups excluding carboxylic acids is 1. The first-order valence-electron chi connectivity index (χ1n) is 3.48. The first-order valence-corrected chi connectivity index (χ1v) is 3.48. The molecule has 0 aromatic heterocycles. The van der Waals surface area contributed by atoms with Crippen LogP contribution in [0.15, 0.2) is 0 Å². The maximum absolute atomic E-state index is 10.7. The average molecular weight is 143 g/mol. The van der Waals surface area contributed by atoms with Crippen molar-refractivity contribution in [3.63, 3.8) is 0 Å². The van der Waals surface area contributed by atoms with Gasteiger partial charge in [-0.05, 0) is 6.92 Å². The van der Waals surface area contributed by atoms with E-state index in [1.165, 1.54) is 0 Å². The summed E-state index contributed by atoms with van der Waals surface area (Å²) in [6.07, 6.45) is 0. The van der Waals surface area contributed by atoms with Gasteiger partial charge in [0.1, 0.15) is 6.04 Å². The zero-order valence-electron chi connectivity index (χ0n) is 6.05. The van der Waals surface area contributed by atoms with Crippen molar-refractivity contribution < 1.29 is 4.79 Å². The van der Waals surface area contributed by atoms with E-state index in [9.17, 15) is 4.79 Å². The summed E-state index contributed by atoms with van der Waals surface area (Å²) in [5.41, 5.74) is 5.12. The molecular formula is C6H13N3O. The van der Waals surface area contributed by atoms with Crippen LogP contribution in [-0.2, 0) is 4.79 Å². The first kappa shape index (κ1) is 7.50. The highest BCUT2D eigenvalue weighted by molar-refractivity contribution is 5.80. The SMILES string of the molecule is C[C@H]1NCCN[C@@H]1C(N)=O. The Labute approximate surface area is 60.2 Å². The Morgan fingerprint density at radius 3 is 2.50 bits per heavy atom. The maximum atomic E-state index is 10.7.